The van der Waals surface area contributed by atoms with Crippen molar-refractivity contribution in [2.75, 3.05) is 0 Å². The van der Waals surface area contributed by atoms with Crippen LogP contribution in [0.4, 0.5) is 0 Å². The summed E-state index contributed by atoms with van der Waals surface area (Å²) in [4.78, 5) is 29.1. The van der Waals surface area contributed by atoms with Crippen molar-refractivity contribution >= 4 is 44.0 Å². The first-order valence-electron chi connectivity index (χ1n) is 10.3. The highest BCUT2D eigenvalue weighted by Crippen LogP contribution is 2.35. The number of aromatic nitrogens is 1. The number of nitrogens with one attached hydrogen (secondary N) is 2. The molecular weight excluding hydrogens is 392 g/mol. The Bertz CT molecular complexity index is 1190. The largest absolute Gasteiger partial charge is 0.361 e. The highest BCUT2D eigenvalue weighted by molar-refractivity contribution is 7.22. The summed E-state index contributed by atoms with van der Waals surface area (Å²) in [6.07, 6.45) is 2.98. The lowest BCUT2D eigenvalue weighted by Crippen LogP contribution is -2.44. The Balaban J connectivity index is 1.60. The number of thiophene rings is 1. The van der Waals surface area contributed by atoms with E-state index in [4.69, 9.17) is 0 Å². The molecular formula is C25H26N2O2S. The molecule has 0 saturated heterocycles. The maximum atomic E-state index is 12.7. The van der Waals surface area contributed by atoms with Crippen molar-refractivity contribution in [2.24, 2.45) is 5.92 Å². The van der Waals surface area contributed by atoms with Crippen LogP contribution in [-0.4, -0.2) is 22.7 Å². The average Bonchev–Trinajstić information content (AvgIpc) is 3.35. The lowest BCUT2D eigenvalue weighted by molar-refractivity contribution is -0.127. The second kappa shape index (κ2) is 8.44. The van der Waals surface area contributed by atoms with Crippen LogP contribution in [0, 0.1) is 5.92 Å². The number of carbonyl (C=O) groups is 2. The number of carbonyl (C=O) groups excluding carboxylic acids is 2. The fourth-order valence-corrected chi connectivity index (χ4v) is 4.94. The Morgan fingerprint density at radius 3 is 2.67 bits per heavy atom. The number of amides is 1. The second-order valence-corrected chi connectivity index (χ2v) is 9.02. The maximum Gasteiger partial charge on any atom is 0.225 e. The van der Waals surface area contributed by atoms with Crippen molar-refractivity contribution in [2.45, 2.75) is 39.7 Å². The van der Waals surface area contributed by atoms with Gasteiger partial charge in [0.25, 0.3) is 0 Å². The number of ketones is 1. The van der Waals surface area contributed by atoms with Crippen LogP contribution in [0.3, 0.4) is 0 Å². The van der Waals surface area contributed by atoms with Crippen LogP contribution in [0.1, 0.15) is 32.8 Å². The van der Waals surface area contributed by atoms with Gasteiger partial charge in [-0.2, -0.15) is 0 Å². The number of aromatic amines is 1. The van der Waals surface area contributed by atoms with Crippen molar-refractivity contribution in [3.63, 3.8) is 0 Å². The third kappa shape index (κ3) is 4.03. The molecule has 4 rings (SSSR count). The molecule has 2 heterocycles. The van der Waals surface area contributed by atoms with E-state index in [1.165, 1.54) is 15.0 Å². The van der Waals surface area contributed by atoms with Gasteiger partial charge in [-0.1, -0.05) is 44.5 Å². The van der Waals surface area contributed by atoms with E-state index in [0.29, 0.717) is 0 Å². The van der Waals surface area contributed by atoms with Gasteiger partial charge in [0.1, 0.15) is 0 Å². The van der Waals surface area contributed by atoms with E-state index < -0.39 is 6.04 Å². The average molecular weight is 419 g/mol. The van der Waals surface area contributed by atoms with Gasteiger partial charge in [0.15, 0.2) is 5.78 Å². The zero-order valence-corrected chi connectivity index (χ0v) is 18.3. The predicted octanol–water partition coefficient (Wildman–Crippen LogP) is 5.71. The van der Waals surface area contributed by atoms with Crippen LogP contribution >= 0.6 is 11.3 Å². The zero-order valence-electron chi connectivity index (χ0n) is 17.5. The second-order valence-electron chi connectivity index (χ2n) is 7.94. The molecule has 2 N–H and O–H groups in total. The maximum absolute atomic E-state index is 12.7. The van der Waals surface area contributed by atoms with Gasteiger partial charge in [-0.25, -0.2) is 0 Å². The zero-order chi connectivity index (χ0) is 21.3. The third-order valence-electron chi connectivity index (χ3n) is 5.80. The number of hydrogen-bond acceptors (Lipinski definition) is 3. The number of fused-ring (bicyclic) bond motifs is 2. The topological polar surface area (TPSA) is 62.0 Å². The van der Waals surface area contributed by atoms with Crippen molar-refractivity contribution in [3.8, 4) is 10.4 Å². The van der Waals surface area contributed by atoms with Gasteiger partial charge < -0.3 is 10.3 Å². The van der Waals surface area contributed by atoms with Crippen molar-refractivity contribution in [1.29, 1.82) is 0 Å². The predicted molar refractivity (Wildman–Crippen MR) is 125 cm³/mol. The van der Waals surface area contributed by atoms with Crippen LogP contribution in [0.25, 0.3) is 31.4 Å². The van der Waals surface area contributed by atoms with E-state index in [-0.39, 0.29) is 24.0 Å². The molecule has 30 heavy (non-hydrogen) atoms. The molecule has 0 saturated carbocycles. The van der Waals surface area contributed by atoms with Crippen LogP contribution < -0.4 is 5.32 Å². The van der Waals surface area contributed by atoms with Crippen molar-refractivity contribution < 1.29 is 9.59 Å². The van der Waals surface area contributed by atoms with Gasteiger partial charge in [0, 0.05) is 26.7 Å². The van der Waals surface area contributed by atoms with Crippen molar-refractivity contribution in [3.05, 3.63) is 60.3 Å². The normalized spacial score (nSPS) is 13.4. The molecule has 2 atom stereocenters. The van der Waals surface area contributed by atoms with E-state index in [1.54, 1.807) is 18.3 Å². The fraction of sp³-hybridized carbons (Fsp3) is 0.280. The van der Waals surface area contributed by atoms with Crippen LogP contribution in [0.15, 0.2) is 54.7 Å². The molecule has 5 heteroatoms. The van der Waals surface area contributed by atoms with Crippen molar-refractivity contribution in [1.82, 2.24) is 10.3 Å². The molecule has 0 unspecified atom stereocenters. The van der Waals surface area contributed by atoms with Gasteiger partial charge in [-0.05, 0) is 53.6 Å². The molecule has 0 bridgehead atoms. The van der Waals surface area contributed by atoms with E-state index in [0.717, 1.165) is 28.5 Å². The molecule has 0 aliphatic carbocycles. The highest BCUT2D eigenvalue weighted by atomic mass is 32.1. The Labute approximate surface area is 180 Å². The smallest absolute Gasteiger partial charge is 0.225 e. The van der Waals surface area contributed by atoms with E-state index in [1.807, 2.05) is 20.0 Å². The molecule has 0 spiro atoms. The van der Waals surface area contributed by atoms with Gasteiger partial charge in [-0.15, -0.1) is 11.3 Å². The third-order valence-corrected chi connectivity index (χ3v) is 6.96. The molecule has 0 aliphatic heterocycles. The summed E-state index contributed by atoms with van der Waals surface area (Å²) in [5.41, 5.74) is 3.09. The Kier molecular flexibility index (Phi) is 5.73. The number of rotatable bonds is 7. The molecule has 2 aromatic heterocycles. The molecule has 0 aliphatic rings. The Morgan fingerprint density at radius 2 is 1.93 bits per heavy atom. The van der Waals surface area contributed by atoms with Gasteiger partial charge in [0.05, 0.1) is 12.5 Å². The molecule has 154 valence electrons. The lowest BCUT2D eigenvalue weighted by atomic mass is 9.95. The van der Waals surface area contributed by atoms with Crippen LogP contribution in [0.5, 0.6) is 0 Å². The van der Waals surface area contributed by atoms with Gasteiger partial charge in [-0.3, -0.25) is 9.59 Å². The lowest BCUT2D eigenvalue weighted by Gasteiger charge is -2.21. The van der Waals surface area contributed by atoms with E-state index in [2.05, 4.69) is 58.8 Å². The van der Waals surface area contributed by atoms with Crippen LogP contribution in [0.2, 0.25) is 0 Å². The summed E-state index contributed by atoms with van der Waals surface area (Å²) in [5.74, 6) is 0.00122. The van der Waals surface area contributed by atoms with E-state index >= 15 is 0 Å². The molecule has 4 nitrogen and oxygen atoms in total. The van der Waals surface area contributed by atoms with Gasteiger partial charge >= 0.3 is 0 Å². The minimum atomic E-state index is -0.429. The summed E-state index contributed by atoms with van der Waals surface area (Å²) >= 11 is 1.77. The van der Waals surface area contributed by atoms with Gasteiger partial charge in [0.2, 0.25) is 5.91 Å². The standard InChI is InChI=1S/C25H26N2O2S/c1-4-15(2)25(16(3)28)27-24(29)13-19-14-26-21-10-9-18(11-20(19)21)23-12-17-7-5-6-8-22(17)30-23/h5-12,14-15,25-26H,4,13H2,1-3H3,(H,27,29)/t15-,25-/m0/s1. The molecule has 0 radical (unpaired) electrons. The first kappa shape index (κ1) is 20.4. The highest BCUT2D eigenvalue weighted by Gasteiger charge is 2.23. The van der Waals surface area contributed by atoms with Crippen LogP contribution in [-0.2, 0) is 16.0 Å². The summed E-state index contributed by atoms with van der Waals surface area (Å²) in [7, 11) is 0. The molecule has 1 amide bonds. The molecule has 4 aromatic rings. The first-order chi connectivity index (χ1) is 14.5. The quantitative estimate of drug-likeness (QED) is 0.404. The number of Topliss-reactive ketones (excluding diaryl/α,β-unsaturated/α-hetero) is 1. The number of hydrogen-bond donors (Lipinski definition) is 2. The Morgan fingerprint density at radius 1 is 1.13 bits per heavy atom. The summed E-state index contributed by atoms with van der Waals surface area (Å²) in [5, 5.41) is 5.22. The monoisotopic (exact) mass is 418 g/mol. The fourth-order valence-electron chi connectivity index (χ4n) is 3.88. The minimum Gasteiger partial charge on any atom is -0.361 e. The molecule has 2 aromatic carbocycles. The SMILES string of the molecule is CC[C@H](C)[C@H](NC(=O)Cc1c[nH]c2ccc(-c3cc4ccccc4s3)cc12)C(C)=O. The Hall–Kier alpha value is -2.92. The number of benzene rings is 2. The summed E-state index contributed by atoms with van der Waals surface area (Å²) in [6, 6.07) is 16.5. The summed E-state index contributed by atoms with van der Waals surface area (Å²) in [6.45, 7) is 5.57. The molecule has 0 fully saturated rings. The summed E-state index contributed by atoms with van der Waals surface area (Å²) < 4.78 is 1.27. The first-order valence-corrected chi connectivity index (χ1v) is 11.2. The minimum absolute atomic E-state index is 0.00340. The number of H-pyrrole nitrogens is 1. The van der Waals surface area contributed by atoms with E-state index in [9.17, 15) is 9.59 Å².